The first kappa shape index (κ1) is 24.6. The van der Waals surface area contributed by atoms with Crippen LogP contribution in [0.15, 0.2) is 24.3 Å². The number of nitrogens with zero attached hydrogens (tertiary/aromatic N) is 3. The molecule has 2 amide bonds. The molecule has 0 radical (unpaired) electrons. The Hall–Kier alpha value is -1.01. The van der Waals surface area contributed by atoms with Gasteiger partial charge in [-0.25, -0.2) is 4.79 Å². The topological polar surface area (TPSA) is 36.0 Å². The third-order valence-corrected chi connectivity index (χ3v) is 7.13. The first-order valence-corrected chi connectivity index (χ1v) is 12.1. The highest BCUT2D eigenvalue weighted by molar-refractivity contribution is 6.30. The molecule has 0 aromatic heterocycles. The lowest BCUT2D eigenvalue weighted by Crippen LogP contribution is -2.51. The minimum atomic E-state index is 0. The van der Waals surface area contributed by atoms with Gasteiger partial charge in [-0.2, -0.15) is 0 Å². The maximum absolute atomic E-state index is 12.7. The van der Waals surface area contributed by atoms with Crippen LogP contribution in [0, 0.1) is 11.8 Å². The number of amides is 2. The molecule has 1 unspecified atom stereocenters. The minimum Gasteiger partial charge on any atom is -0.378 e. The Labute approximate surface area is 198 Å². The lowest BCUT2D eigenvalue weighted by Gasteiger charge is -2.39. The number of likely N-dealkylation sites (tertiary alicyclic amines) is 1. The summed E-state index contributed by atoms with van der Waals surface area (Å²) in [5, 5.41) is 0.825. The van der Waals surface area contributed by atoms with E-state index in [1.165, 1.54) is 24.9 Å². The van der Waals surface area contributed by atoms with Crippen molar-refractivity contribution in [2.24, 2.45) is 11.8 Å². The van der Waals surface area contributed by atoms with Crippen molar-refractivity contribution in [2.75, 3.05) is 52.5 Å². The van der Waals surface area contributed by atoms with Gasteiger partial charge in [0.15, 0.2) is 0 Å². The maximum Gasteiger partial charge on any atom is 0.320 e. The van der Waals surface area contributed by atoms with Gasteiger partial charge in [-0.15, -0.1) is 12.4 Å². The number of hydrogen-bond acceptors (Lipinski definition) is 3. The summed E-state index contributed by atoms with van der Waals surface area (Å²) in [6.45, 7) is 9.31. The molecule has 4 rings (SSSR count). The Bertz CT molecular complexity index is 702. The largest absolute Gasteiger partial charge is 0.378 e. The molecule has 7 heteroatoms. The lowest BCUT2D eigenvalue weighted by atomic mass is 9.95. The molecular formula is C24H37Cl2N3O2. The molecule has 3 aliphatic rings. The molecule has 31 heavy (non-hydrogen) atoms. The van der Waals surface area contributed by atoms with Crippen LogP contribution in [-0.4, -0.2) is 79.3 Å². The van der Waals surface area contributed by atoms with E-state index in [0.717, 1.165) is 62.9 Å². The van der Waals surface area contributed by atoms with Crippen LogP contribution in [0.1, 0.15) is 38.2 Å². The summed E-state index contributed by atoms with van der Waals surface area (Å²) in [6, 6.07) is 9.01. The first-order chi connectivity index (χ1) is 14.6. The normalized spacial score (nSPS) is 21.1. The van der Waals surface area contributed by atoms with Crippen molar-refractivity contribution in [3.8, 4) is 0 Å². The fourth-order valence-electron chi connectivity index (χ4n) is 4.79. The first-order valence-electron chi connectivity index (χ1n) is 11.7. The van der Waals surface area contributed by atoms with Crippen molar-refractivity contribution in [3.05, 3.63) is 34.9 Å². The van der Waals surface area contributed by atoms with E-state index in [1.54, 1.807) is 0 Å². The number of ether oxygens (including phenoxy) is 1. The summed E-state index contributed by atoms with van der Waals surface area (Å²) in [4.78, 5) is 19.5. The molecule has 174 valence electrons. The monoisotopic (exact) mass is 469 g/mol. The highest BCUT2D eigenvalue weighted by Gasteiger charge is 2.31. The molecule has 0 spiro atoms. The molecule has 3 fully saturated rings. The number of halogens is 2. The van der Waals surface area contributed by atoms with Crippen LogP contribution >= 0.6 is 24.0 Å². The van der Waals surface area contributed by atoms with Gasteiger partial charge < -0.3 is 14.5 Å². The molecule has 1 aliphatic carbocycles. The zero-order valence-electron chi connectivity index (χ0n) is 18.7. The van der Waals surface area contributed by atoms with Crippen LogP contribution in [0.5, 0.6) is 0 Å². The van der Waals surface area contributed by atoms with Gasteiger partial charge in [0.05, 0.1) is 13.2 Å². The number of piperidine rings is 1. The smallest absolute Gasteiger partial charge is 0.320 e. The van der Waals surface area contributed by atoms with Crippen LogP contribution in [0.3, 0.4) is 0 Å². The van der Waals surface area contributed by atoms with E-state index in [1.807, 2.05) is 11.0 Å². The molecule has 1 saturated carbocycles. The third-order valence-electron chi connectivity index (χ3n) is 6.89. The number of morpholine rings is 1. The summed E-state index contributed by atoms with van der Waals surface area (Å²) in [5.41, 5.74) is 1.32. The lowest BCUT2D eigenvalue weighted by molar-refractivity contribution is 0.0385. The standard InChI is InChI=1S/C24H36ClN3O2.ClH/c1-19(15-22-3-2-4-23(25)16-22)28(17-20-5-6-20)18-21-7-9-26(10-8-21)24(29)27-11-13-30-14-12-27;/h2-4,16,19-21H,5-15,17-18H2,1H3;1H. The molecule has 1 aromatic carbocycles. The Morgan fingerprint density at radius 1 is 1.06 bits per heavy atom. The van der Waals surface area contributed by atoms with Crippen molar-refractivity contribution in [2.45, 2.75) is 45.1 Å². The summed E-state index contributed by atoms with van der Waals surface area (Å²) >= 11 is 6.20. The molecule has 2 saturated heterocycles. The second-order valence-electron chi connectivity index (χ2n) is 9.39. The van der Waals surface area contributed by atoms with Gasteiger partial charge in [0.25, 0.3) is 0 Å². The van der Waals surface area contributed by atoms with Gasteiger partial charge in [-0.1, -0.05) is 23.7 Å². The van der Waals surface area contributed by atoms with Gasteiger partial charge in [0.2, 0.25) is 0 Å². The average molecular weight is 470 g/mol. The predicted molar refractivity (Wildman–Crippen MR) is 128 cm³/mol. The molecule has 5 nitrogen and oxygen atoms in total. The summed E-state index contributed by atoms with van der Waals surface area (Å²) < 4.78 is 5.38. The van der Waals surface area contributed by atoms with Crippen LogP contribution < -0.4 is 0 Å². The number of urea groups is 1. The molecule has 1 atom stereocenters. The number of rotatable bonds is 7. The Morgan fingerprint density at radius 3 is 2.29 bits per heavy atom. The van der Waals surface area contributed by atoms with E-state index < -0.39 is 0 Å². The van der Waals surface area contributed by atoms with Crippen molar-refractivity contribution in [1.82, 2.24) is 14.7 Å². The predicted octanol–water partition coefficient (Wildman–Crippen LogP) is 4.57. The molecule has 0 N–H and O–H groups in total. The van der Waals surface area contributed by atoms with Gasteiger partial charge in [0, 0.05) is 50.3 Å². The minimum absolute atomic E-state index is 0. The van der Waals surface area contributed by atoms with Gasteiger partial charge in [0.1, 0.15) is 0 Å². The summed E-state index contributed by atoms with van der Waals surface area (Å²) in [6.07, 6.45) is 6.03. The van der Waals surface area contributed by atoms with Crippen molar-refractivity contribution < 1.29 is 9.53 Å². The van der Waals surface area contributed by atoms with E-state index in [2.05, 4.69) is 34.9 Å². The summed E-state index contributed by atoms with van der Waals surface area (Å²) in [5.74, 6) is 1.56. The third kappa shape index (κ3) is 7.24. The van der Waals surface area contributed by atoms with Crippen LogP contribution in [-0.2, 0) is 11.2 Å². The van der Waals surface area contributed by atoms with Gasteiger partial charge in [-0.3, -0.25) is 4.90 Å². The Balaban J connectivity index is 0.00000272. The second-order valence-corrected chi connectivity index (χ2v) is 9.83. The SMILES string of the molecule is CC(Cc1cccc(Cl)c1)N(CC1CC1)CC1CCN(C(=O)N2CCOCC2)CC1.Cl. The van der Waals surface area contributed by atoms with E-state index >= 15 is 0 Å². The molecule has 1 aromatic rings. The van der Waals surface area contributed by atoms with Crippen LogP contribution in [0.4, 0.5) is 4.79 Å². The zero-order chi connectivity index (χ0) is 20.9. The summed E-state index contributed by atoms with van der Waals surface area (Å²) in [7, 11) is 0. The zero-order valence-corrected chi connectivity index (χ0v) is 20.3. The molecule has 0 bridgehead atoms. The number of hydrogen-bond donors (Lipinski definition) is 0. The fourth-order valence-corrected chi connectivity index (χ4v) is 5.01. The maximum atomic E-state index is 12.7. The average Bonchev–Trinajstić information content (AvgIpc) is 3.58. The number of carbonyl (C=O) groups excluding carboxylic acids is 1. The van der Waals surface area contributed by atoms with Crippen molar-refractivity contribution in [3.63, 3.8) is 0 Å². The van der Waals surface area contributed by atoms with Crippen molar-refractivity contribution in [1.29, 1.82) is 0 Å². The van der Waals surface area contributed by atoms with Gasteiger partial charge in [-0.05, 0) is 68.6 Å². The Morgan fingerprint density at radius 2 is 1.68 bits per heavy atom. The van der Waals surface area contributed by atoms with E-state index in [4.69, 9.17) is 16.3 Å². The quantitative estimate of drug-likeness (QED) is 0.586. The molecular weight excluding hydrogens is 433 g/mol. The van der Waals surface area contributed by atoms with Crippen molar-refractivity contribution >= 4 is 30.0 Å². The highest BCUT2D eigenvalue weighted by atomic mass is 35.5. The fraction of sp³-hybridized carbons (Fsp3) is 0.708. The van der Waals surface area contributed by atoms with Gasteiger partial charge >= 0.3 is 6.03 Å². The molecule has 2 aliphatic heterocycles. The van der Waals surface area contributed by atoms with E-state index in [0.29, 0.717) is 25.2 Å². The second kappa shape index (κ2) is 11.7. The van der Waals surface area contributed by atoms with E-state index in [-0.39, 0.29) is 18.4 Å². The molecule has 2 heterocycles. The Kier molecular flexibility index (Phi) is 9.32. The highest BCUT2D eigenvalue weighted by Crippen LogP contribution is 2.32. The number of benzene rings is 1. The number of carbonyl (C=O) groups is 1. The van der Waals surface area contributed by atoms with Crippen LogP contribution in [0.25, 0.3) is 0 Å². The van der Waals surface area contributed by atoms with Crippen LogP contribution in [0.2, 0.25) is 5.02 Å². The van der Waals surface area contributed by atoms with E-state index in [9.17, 15) is 4.79 Å².